The van der Waals surface area contributed by atoms with E-state index >= 15 is 0 Å². The number of rotatable bonds is 5. The second-order valence-electron chi connectivity index (χ2n) is 2.87. The van der Waals surface area contributed by atoms with Gasteiger partial charge in [0.25, 0.3) is 0 Å². The molecule has 0 amide bonds. The van der Waals surface area contributed by atoms with Gasteiger partial charge in [-0.1, -0.05) is 13.0 Å². The molecular weight excluding hydrogens is 124 g/mol. The van der Waals surface area contributed by atoms with Crippen LogP contribution in [0, 0.1) is 5.92 Å². The second-order valence-corrected chi connectivity index (χ2v) is 2.87. The lowest BCUT2D eigenvalue weighted by molar-refractivity contribution is -0.117. The third-order valence-corrected chi connectivity index (χ3v) is 1.56. The third kappa shape index (κ3) is 5.54. The number of carbonyl (C=O) groups excluding carboxylic acids is 1. The lowest BCUT2D eigenvalue weighted by Gasteiger charge is -2.04. The molecule has 0 spiro atoms. The summed E-state index contributed by atoms with van der Waals surface area (Å²) < 4.78 is 0. The van der Waals surface area contributed by atoms with Gasteiger partial charge in [0.05, 0.1) is 0 Å². The van der Waals surface area contributed by atoms with E-state index in [1.165, 1.54) is 0 Å². The fraction of sp³-hybridized carbons (Fsp3) is 0.667. The van der Waals surface area contributed by atoms with Crippen LogP contribution in [-0.4, -0.2) is 5.78 Å². The van der Waals surface area contributed by atoms with Crippen molar-refractivity contribution in [2.24, 2.45) is 5.92 Å². The summed E-state index contributed by atoms with van der Waals surface area (Å²) in [5.41, 5.74) is 0. The van der Waals surface area contributed by atoms with Crippen LogP contribution in [0.4, 0.5) is 0 Å². The van der Waals surface area contributed by atoms with Crippen LogP contribution < -0.4 is 0 Å². The fourth-order valence-corrected chi connectivity index (χ4v) is 0.852. The lowest BCUT2D eigenvalue weighted by Crippen LogP contribution is -1.97. The first-order valence-corrected chi connectivity index (χ1v) is 3.77. The maximum Gasteiger partial charge on any atom is 0.129 e. The van der Waals surface area contributed by atoms with E-state index in [-0.39, 0.29) is 5.78 Å². The first kappa shape index (κ1) is 9.41. The standard InChI is InChI=1S/C9H16O/c1-4-5-8(2)6-7-9(3)10/h4,8H,1,5-7H2,2-3H3/t8-/m0/s1. The summed E-state index contributed by atoms with van der Waals surface area (Å²) in [7, 11) is 0. The van der Waals surface area contributed by atoms with Crippen LogP contribution in [0.15, 0.2) is 12.7 Å². The van der Waals surface area contributed by atoms with Crippen molar-refractivity contribution in [2.75, 3.05) is 0 Å². The molecule has 0 aliphatic carbocycles. The zero-order chi connectivity index (χ0) is 7.98. The molecule has 0 heterocycles. The van der Waals surface area contributed by atoms with Crippen LogP contribution in [-0.2, 0) is 4.79 Å². The van der Waals surface area contributed by atoms with Crippen LogP contribution in [0.1, 0.15) is 33.1 Å². The van der Waals surface area contributed by atoms with Gasteiger partial charge in [-0.3, -0.25) is 0 Å². The summed E-state index contributed by atoms with van der Waals surface area (Å²) in [6, 6.07) is 0. The Balaban J connectivity index is 3.29. The minimum absolute atomic E-state index is 0.288. The molecule has 0 saturated carbocycles. The Labute approximate surface area is 63.1 Å². The summed E-state index contributed by atoms with van der Waals surface area (Å²) in [6.07, 6.45) is 4.65. The molecule has 0 N–H and O–H groups in total. The highest BCUT2D eigenvalue weighted by molar-refractivity contribution is 5.75. The summed E-state index contributed by atoms with van der Waals surface area (Å²) in [5, 5.41) is 0. The normalized spacial score (nSPS) is 12.6. The largest absolute Gasteiger partial charge is 0.300 e. The van der Waals surface area contributed by atoms with Crippen LogP contribution in [0.2, 0.25) is 0 Å². The Morgan fingerprint density at radius 3 is 2.70 bits per heavy atom. The molecule has 0 saturated heterocycles. The van der Waals surface area contributed by atoms with Crippen LogP contribution in [0.5, 0.6) is 0 Å². The summed E-state index contributed by atoms with van der Waals surface area (Å²) in [6.45, 7) is 7.43. The maximum absolute atomic E-state index is 10.5. The smallest absolute Gasteiger partial charge is 0.129 e. The van der Waals surface area contributed by atoms with Crippen molar-refractivity contribution in [2.45, 2.75) is 33.1 Å². The highest BCUT2D eigenvalue weighted by Crippen LogP contribution is 2.09. The molecule has 10 heavy (non-hydrogen) atoms. The van der Waals surface area contributed by atoms with Crippen molar-refractivity contribution in [1.82, 2.24) is 0 Å². The Hall–Kier alpha value is -0.590. The topological polar surface area (TPSA) is 17.1 Å². The summed E-state index contributed by atoms with van der Waals surface area (Å²) in [5.74, 6) is 0.900. The van der Waals surface area contributed by atoms with E-state index in [1.807, 2.05) is 6.08 Å². The third-order valence-electron chi connectivity index (χ3n) is 1.56. The van der Waals surface area contributed by atoms with Crippen LogP contribution >= 0.6 is 0 Å². The van der Waals surface area contributed by atoms with E-state index in [0.717, 1.165) is 19.3 Å². The molecule has 0 rings (SSSR count). The van der Waals surface area contributed by atoms with Gasteiger partial charge >= 0.3 is 0 Å². The minimum atomic E-state index is 0.288. The van der Waals surface area contributed by atoms with E-state index in [1.54, 1.807) is 6.92 Å². The molecule has 0 aromatic carbocycles. The van der Waals surface area contributed by atoms with Gasteiger partial charge in [0.1, 0.15) is 5.78 Å². The quantitative estimate of drug-likeness (QED) is 0.536. The Morgan fingerprint density at radius 2 is 2.30 bits per heavy atom. The molecule has 0 bridgehead atoms. The Kier molecular flexibility index (Phi) is 4.91. The Morgan fingerprint density at radius 1 is 1.70 bits per heavy atom. The molecule has 1 nitrogen and oxygen atoms in total. The molecule has 0 radical (unpaired) electrons. The predicted molar refractivity (Wildman–Crippen MR) is 43.9 cm³/mol. The average Bonchev–Trinajstić information content (AvgIpc) is 1.85. The molecule has 0 aromatic rings. The minimum Gasteiger partial charge on any atom is -0.300 e. The number of carbonyl (C=O) groups is 1. The molecule has 0 aromatic heterocycles. The zero-order valence-corrected chi connectivity index (χ0v) is 6.89. The van der Waals surface area contributed by atoms with Gasteiger partial charge in [0, 0.05) is 6.42 Å². The Bertz CT molecular complexity index is 116. The number of allylic oxidation sites excluding steroid dienone is 1. The molecule has 0 unspecified atom stereocenters. The van der Waals surface area contributed by atoms with E-state index < -0.39 is 0 Å². The van der Waals surface area contributed by atoms with Crippen molar-refractivity contribution >= 4 is 5.78 Å². The van der Waals surface area contributed by atoms with Crippen molar-refractivity contribution < 1.29 is 4.79 Å². The molecular formula is C9H16O. The first-order valence-electron chi connectivity index (χ1n) is 3.77. The van der Waals surface area contributed by atoms with E-state index in [0.29, 0.717) is 5.92 Å². The van der Waals surface area contributed by atoms with Crippen molar-refractivity contribution in [3.63, 3.8) is 0 Å². The SMILES string of the molecule is C=CC[C@H](C)CCC(C)=O. The van der Waals surface area contributed by atoms with Crippen LogP contribution in [0.25, 0.3) is 0 Å². The van der Waals surface area contributed by atoms with Gasteiger partial charge in [0.2, 0.25) is 0 Å². The molecule has 0 fully saturated rings. The van der Waals surface area contributed by atoms with E-state index in [2.05, 4.69) is 13.5 Å². The molecule has 1 atom stereocenters. The van der Waals surface area contributed by atoms with Crippen LogP contribution in [0.3, 0.4) is 0 Å². The fourth-order valence-electron chi connectivity index (χ4n) is 0.852. The average molecular weight is 140 g/mol. The number of hydrogen-bond donors (Lipinski definition) is 0. The molecule has 58 valence electrons. The lowest BCUT2D eigenvalue weighted by atomic mass is 10.0. The zero-order valence-electron chi connectivity index (χ0n) is 6.89. The van der Waals surface area contributed by atoms with Crippen molar-refractivity contribution in [3.8, 4) is 0 Å². The van der Waals surface area contributed by atoms with Gasteiger partial charge in [0.15, 0.2) is 0 Å². The molecule has 0 aliphatic heterocycles. The first-order chi connectivity index (χ1) is 4.66. The van der Waals surface area contributed by atoms with Gasteiger partial charge < -0.3 is 4.79 Å². The maximum atomic E-state index is 10.5. The summed E-state index contributed by atoms with van der Waals surface area (Å²) in [4.78, 5) is 10.5. The highest BCUT2D eigenvalue weighted by atomic mass is 16.1. The number of Topliss-reactive ketones (excluding diaryl/α,β-unsaturated/α-hetero) is 1. The summed E-state index contributed by atoms with van der Waals surface area (Å²) >= 11 is 0. The van der Waals surface area contributed by atoms with E-state index in [9.17, 15) is 4.79 Å². The van der Waals surface area contributed by atoms with E-state index in [4.69, 9.17) is 0 Å². The van der Waals surface area contributed by atoms with Crippen molar-refractivity contribution in [1.29, 1.82) is 0 Å². The molecule has 0 aliphatic rings. The predicted octanol–water partition coefficient (Wildman–Crippen LogP) is 2.57. The van der Waals surface area contributed by atoms with Gasteiger partial charge in [-0.2, -0.15) is 0 Å². The number of hydrogen-bond acceptors (Lipinski definition) is 1. The van der Waals surface area contributed by atoms with Gasteiger partial charge in [-0.25, -0.2) is 0 Å². The highest BCUT2D eigenvalue weighted by Gasteiger charge is 2.00. The van der Waals surface area contributed by atoms with Gasteiger partial charge in [-0.05, 0) is 25.7 Å². The van der Waals surface area contributed by atoms with Crippen molar-refractivity contribution in [3.05, 3.63) is 12.7 Å². The second kappa shape index (κ2) is 5.21. The van der Waals surface area contributed by atoms with Gasteiger partial charge in [-0.15, -0.1) is 6.58 Å². The monoisotopic (exact) mass is 140 g/mol. The number of ketones is 1. The molecule has 1 heteroatoms.